The minimum atomic E-state index is -0.843. The number of nitrogens with one attached hydrogen (secondary N) is 1. The monoisotopic (exact) mass is 376 g/mol. The van der Waals surface area contributed by atoms with Crippen molar-refractivity contribution in [3.8, 4) is 11.5 Å². The summed E-state index contributed by atoms with van der Waals surface area (Å²) in [7, 11) is 2.97. The lowest BCUT2D eigenvalue weighted by Crippen LogP contribution is -2.29. The number of ether oxygens (including phenoxy) is 2. The third-order valence-corrected chi connectivity index (χ3v) is 4.35. The van der Waals surface area contributed by atoms with Gasteiger partial charge in [0, 0.05) is 24.7 Å². The molecule has 2 amide bonds. The molecule has 6 nitrogen and oxygen atoms in total. The number of anilines is 2. The van der Waals surface area contributed by atoms with Gasteiger partial charge in [-0.25, -0.2) is 8.78 Å². The zero-order valence-electron chi connectivity index (χ0n) is 14.8. The molecule has 1 unspecified atom stereocenters. The number of para-hydroxylation sites is 1. The molecule has 0 aromatic heterocycles. The van der Waals surface area contributed by atoms with Gasteiger partial charge in [0.1, 0.15) is 17.3 Å². The Labute approximate surface area is 154 Å². The highest BCUT2D eigenvalue weighted by molar-refractivity contribution is 6.03. The van der Waals surface area contributed by atoms with Crippen molar-refractivity contribution in [2.75, 3.05) is 31.0 Å². The molecule has 1 heterocycles. The van der Waals surface area contributed by atoms with Gasteiger partial charge in [-0.1, -0.05) is 6.07 Å². The van der Waals surface area contributed by atoms with Crippen molar-refractivity contribution in [1.29, 1.82) is 0 Å². The molecule has 1 N–H and O–H groups in total. The topological polar surface area (TPSA) is 67.9 Å². The molecule has 0 saturated carbocycles. The molecular formula is C19H18F2N2O4. The fraction of sp³-hybridized carbons (Fsp3) is 0.263. The Morgan fingerprint density at radius 2 is 1.78 bits per heavy atom. The highest BCUT2D eigenvalue weighted by atomic mass is 19.1. The van der Waals surface area contributed by atoms with Gasteiger partial charge in [0.15, 0.2) is 11.5 Å². The third kappa shape index (κ3) is 3.69. The van der Waals surface area contributed by atoms with Gasteiger partial charge in [0.2, 0.25) is 11.8 Å². The zero-order chi connectivity index (χ0) is 19.6. The Morgan fingerprint density at radius 1 is 1.11 bits per heavy atom. The van der Waals surface area contributed by atoms with Crippen molar-refractivity contribution in [1.82, 2.24) is 0 Å². The van der Waals surface area contributed by atoms with Crippen LogP contribution in [-0.4, -0.2) is 32.6 Å². The van der Waals surface area contributed by atoms with Crippen LogP contribution in [0.15, 0.2) is 36.4 Å². The molecule has 2 aromatic rings. The molecule has 142 valence electrons. The fourth-order valence-electron chi connectivity index (χ4n) is 3.00. The van der Waals surface area contributed by atoms with Crippen LogP contribution in [0, 0.1) is 17.6 Å². The van der Waals surface area contributed by atoms with Gasteiger partial charge in [-0.3, -0.25) is 9.59 Å². The summed E-state index contributed by atoms with van der Waals surface area (Å²) >= 11 is 0. The Hall–Kier alpha value is -3.16. The van der Waals surface area contributed by atoms with E-state index in [4.69, 9.17) is 9.47 Å². The van der Waals surface area contributed by atoms with Crippen molar-refractivity contribution >= 4 is 23.2 Å². The van der Waals surface area contributed by atoms with E-state index in [9.17, 15) is 18.4 Å². The van der Waals surface area contributed by atoms with E-state index in [2.05, 4.69) is 5.32 Å². The summed E-state index contributed by atoms with van der Waals surface area (Å²) in [4.78, 5) is 25.7. The molecule has 0 spiro atoms. The second kappa shape index (κ2) is 7.61. The molecule has 3 rings (SSSR count). The molecule has 1 fully saturated rings. The van der Waals surface area contributed by atoms with E-state index in [0.717, 1.165) is 17.0 Å². The van der Waals surface area contributed by atoms with Crippen LogP contribution in [-0.2, 0) is 9.59 Å². The van der Waals surface area contributed by atoms with Crippen LogP contribution < -0.4 is 19.7 Å². The smallest absolute Gasteiger partial charge is 0.229 e. The zero-order valence-corrected chi connectivity index (χ0v) is 14.8. The minimum absolute atomic E-state index is 0.101. The molecule has 0 aliphatic carbocycles. The Kier molecular flexibility index (Phi) is 5.25. The van der Waals surface area contributed by atoms with Gasteiger partial charge in [-0.05, 0) is 24.3 Å². The van der Waals surface area contributed by atoms with Gasteiger partial charge in [0.25, 0.3) is 0 Å². The highest BCUT2D eigenvalue weighted by Gasteiger charge is 2.37. The maximum absolute atomic E-state index is 13.9. The lowest BCUT2D eigenvalue weighted by atomic mass is 10.1. The number of amides is 2. The lowest BCUT2D eigenvalue weighted by molar-refractivity contribution is -0.122. The number of hydrogen-bond donors (Lipinski definition) is 1. The van der Waals surface area contributed by atoms with Crippen LogP contribution in [0.4, 0.5) is 20.2 Å². The number of nitrogens with zero attached hydrogens (tertiary/aromatic N) is 1. The quantitative estimate of drug-likeness (QED) is 0.871. The van der Waals surface area contributed by atoms with E-state index in [1.54, 1.807) is 18.2 Å². The van der Waals surface area contributed by atoms with E-state index in [0.29, 0.717) is 17.2 Å². The molecular weight excluding hydrogens is 358 g/mol. The van der Waals surface area contributed by atoms with Crippen LogP contribution in [0.1, 0.15) is 6.42 Å². The largest absolute Gasteiger partial charge is 0.493 e. The Bertz CT molecular complexity index is 868. The van der Waals surface area contributed by atoms with Crippen LogP contribution in [0.2, 0.25) is 0 Å². The first-order valence-electron chi connectivity index (χ1n) is 8.22. The first-order chi connectivity index (χ1) is 12.9. The fourth-order valence-corrected chi connectivity index (χ4v) is 3.00. The van der Waals surface area contributed by atoms with Gasteiger partial charge >= 0.3 is 0 Å². The minimum Gasteiger partial charge on any atom is -0.493 e. The van der Waals surface area contributed by atoms with E-state index >= 15 is 0 Å². The van der Waals surface area contributed by atoms with Crippen molar-refractivity contribution < 1.29 is 27.8 Å². The van der Waals surface area contributed by atoms with Crippen molar-refractivity contribution in [2.45, 2.75) is 6.42 Å². The number of benzene rings is 2. The van der Waals surface area contributed by atoms with Crippen molar-refractivity contribution in [2.24, 2.45) is 5.92 Å². The molecule has 27 heavy (non-hydrogen) atoms. The SMILES string of the molecule is COc1ccc(NC(=O)C2CC(=O)N(c3c(F)cccc3F)C2)cc1OC. The number of rotatable bonds is 5. The average Bonchev–Trinajstić information content (AvgIpc) is 3.03. The summed E-state index contributed by atoms with van der Waals surface area (Å²) < 4.78 is 38.2. The van der Waals surface area contributed by atoms with Crippen molar-refractivity contribution in [3.63, 3.8) is 0 Å². The summed E-state index contributed by atoms with van der Waals surface area (Å²) in [5.41, 5.74) is 0.0320. The first-order valence-corrected chi connectivity index (χ1v) is 8.22. The summed E-state index contributed by atoms with van der Waals surface area (Å²) in [6, 6.07) is 8.21. The summed E-state index contributed by atoms with van der Waals surface area (Å²) in [5, 5.41) is 2.69. The van der Waals surface area contributed by atoms with E-state index in [-0.39, 0.29) is 13.0 Å². The number of carbonyl (C=O) groups excluding carboxylic acids is 2. The normalized spacial score (nSPS) is 16.4. The molecule has 0 bridgehead atoms. The average molecular weight is 376 g/mol. The maximum Gasteiger partial charge on any atom is 0.229 e. The second-order valence-electron chi connectivity index (χ2n) is 6.03. The summed E-state index contributed by atoms with van der Waals surface area (Å²) in [5.74, 6) is -2.40. The first kappa shape index (κ1) is 18.6. The second-order valence-corrected chi connectivity index (χ2v) is 6.03. The Morgan fingerprint density at radius 3 is 2.41 bits per heavy atom. The van der Waals surface area contributed by atoms with Gasteiger partial charge in [0.05, 0.1) is 20.1 Å². The number of halogens is 2. The molecule has 1 aliphatic rings. The summed E-state index contributed by atoms with van der Waals surface area (Å²) in [6.07, 6.45) is -0.132. The van der Waals surface area contributed by atoms with E-state index in [1.807, 2.05) is 0 Å². The van der Waals surface area contributed by atoms with E-state index in [1.165, 1.54) is 20.3 Å². The molecule has 1 aliphatic heterocycles. The molecule has 2 aromatic carbocycles. The third-order valence-electron chi connectivity index (χ3n) is 4.35. The van der Waals surface area contributed by atoms with Gasteiger partial charge in [-0.15, -0.1) is 0 Å². The van der Waals surface area contributed by atoms with Crippen molar-refractivity contribution in [3.05, 3.63) is 48.0 Å². The maximum atomic E-state index is 13.9. The molecule has 0 radical (unpaired) electrons. The molecule has 1 saturated heterocycles. The lowest BCUT2D eigenvalue weighted by Gasteiger charge is -2.18. The van der Waals surface area contributed by atoms with Crippen LogP contribution in [0.5, 0.6) is 11.5 Å². The number of carbonyl (C=O) groups is 2. The Balaban J connectivity index is 1.75. The van der Waals surface area contributed by atoms with Crippen LogP contribution in [0.25, 0.3) is 0 Å². The van der Waals surface area contributed by atoms with Gasteiger partial charge < -0.3 is 19.7 Å². The van der Waals surface area contributed by atoms with Crippen LogP contribution in [0.3, 0.4) is 0 Å². The molecule has 8 heteroatoms. The summed E-state index contributed by atoms with van der Waals surface area (Å²) in [6.45, 7) is -0.101. The van der Waals surface area contributed by atoms with Gasteiger partial charge in [-0.2, -0.15) is 0 Å². The molecule has 1 atom stereocenters. The number of hydrogen-bond acceptors (Lipinski definition) is 4. The predicted molar refractivity (Wildman–Crippen MR) is 95.0 cm³/mol. The standard InChI is InChI=1S/C19H18F2N2O4/c1-26-15-7-6-12(9-16(15)27-2)22-19(25)11-8-17(24)23(10-11)18-13(20)4-3-5-14(18)21/h3-7,9,11H,8,10H2,1-2H3,(H,22,25). The van der Waals surface area contributed by atoms with E-state index < -0.39 is 35.1 Å². The highest BCUT2D eigenvalue weighted by Crippen LogP contribution is 2.32. The predicted octanol–water partition coefficient (Wildman–Crippen LogP) is 2.97. The number of methoxy groups -OCH3 is 2. The van der Waals surface area contributed by atoms with Crippen LogP contribution >= 0.6 is 0 Å².